The van der Waals surface area contributed by atoms with Gasteiger partial charge in [0.2, 0.25) is 5.95 Å². The summed E-state index contributed by atoms with van der Waals surface area (Å²) < 4.78 is 0. The highest BCUT2D eigenvalue weighted by Gasteiger charge is 2.20. The van der Waals surface area contributed by atoms with Gasteiger partial charge in [-0.3, -0.25) is 0 Å². The minimum Gasteiger partial charge on any atom is -0.353 e. The molecule has 1 aromatic rings. The molecule has 18 heavy (non-hydrogen) atoms. The van der Waals surface area contributed by atoms with Crippen molar-refractivity contribution >= 4 is 5.95 Å². The molecule has 2 heterocycles. The normalized spacial score (nSPS) is 24.6. The van der Waals surface area contributed by atoms with E-state index in [4.69, 9.17) is 0 Å². The lowest BCUT2D eigenvalue weighted by Crippen LogP contribution is -2.39. The van der Waals surface area contributed by atoms with Crippen molar-refractivity contribution in [2.24, 2.45) is 0 Å². The minimum atomic E-state index is 0.577. The van der Waals surface area contributed by atoms with Crippen LogP contribution in [0.5, 0.6) is 0 Å². The highest BCUT2D eigenvalue weighted by Crippen LogP contribution is 2.35. The Kier molecular flexibility index (Phi) is 3.74. The van der Waals surface area contributed by atoms with E-state index >= 15 is 0 Å². The topological polar surface area (TPSA) is 49.8 Å². The Morgan fingerprint density at radius 1 is 1.11 bits per heavy atom. The lowest BCUT2D eigenvalue weighted by molar-refractivity contribution is 0.413. The summed E-state index contributed by atoms with van der Waals surface area (Å²) in [6, 6.07) is 0.577. The smallest absolute Gasteiger partial charge is 0.222 e. The van der Waals surface area contributed by atoms with Crippen molar-refractivity contribution in [1.82, 2.24) is 15.3 Å². The van der Waals surface area contributed by atoms with E-state index in [2.05, 4.69) is 20.6 Å². The first-order valence-electron chi connectivity index (χ1n) is 7.21. The first-order valence-corrected chi connectivity index (χ1v) is 7.21. The Morgan fingerprint density at radius 3 is 2.56 bits per heavy atom. The highest BCUT2D eigenvalue weighted by atomic mass is 15.1. The molecule has 3 rings (SSSR count). The second-order valence-electron chi connectivity index (χ2n) is 5.50. The van der Waals surface area contributed by atoms with Crippen molar-refractivity contribution in [1.29, 1.82) is 0 Å². The predicted molar refractivity (Wildman–Crippen MR) is 72.8 cm³/mol. The molecule has 4 heteroatoms. The van der Waals surface area contributed by atoms with Crippen LogP contribution in [0, 0.1) is 0 Å². The molecule has 1 saturated carbocycles. The zero-order valence-electron chi connectivity index (χ0n) is 10.9. The molecule has 1 atom stereocenters. The third-order valence-corrected chi connectivity index (χ3v) is 4.17. The van der Waals surface area contributed by atoms with Gasteiger partial charge in [0.05, 0.1) is 0 Å². The van der Waals surface area contributed by atoms with Crippen molar-refractivity contribution < 1.29 is 0 Å². The van der Waals surface area contributed by atoms with Crippen LogP contribution in [0.4, 0.5) is 5.95 Å². The van der Waals surface area contributed by atoms with Gasteiger partial charge >= 0.3 is 0 Å². The standard InChI is InChI=1S/C14H22N4/c1-2-7-15-13(6-1)10-18-14-16-8-12(9-17-14)11-4-3-5-11/h8-9,11,13,15H,1-7,10H2,(H,16,17,18). The summed E-state index contributed by atoms with van der Waals surface area (Å²) in [4.78, 5) is 8.83. The van der Waals surface area contributed by atoms with Gasteiger partial charge < -0.3 is 10.6 Å². The van der Waals surface area contributed by atoms with Crippen LogP contribution in [-0.4, -0.2) is 29.1 Å². The average molecular weight is 246 g/mol. The third kappa shape index (κ3) is 2.80. The van der Waals surface area contributed by atoms with E-state index in [1.807, 2.05) is 12.4 Å². The first kappa shape index (κ1) is 11.9. The molecule has 98 valence electrons. The van der Waals surface area contributed by atoms with Gasteiger partial charge in [-0.15, -0.1) is 0 Å². The maximum atomic E-state index is 4.42. The molecule has 1 aromatic heterocycles. The van der Waals surface area contributed by atoms with E-state index in [0.717, 1.165) is 25.0 Å². The van der Waals surface area contributed by atoms with Crippen LogP contribution in [-0.2, 0) is 0 Å². The van der Waals surface area contributed by atoms with Crippen LogP contribution in [0.3, 0.4) is 0 Å². The van der Waals surface area contributed by atoms with Crippen LogP contribution >= 0.6 is 0 Å². The Balaban J connectivity index is 1.49. The maximum absolute atomic E-state index is 4.42. The molecule has 0 bridgehead atoms. The summed E-state index contributed by atoms with van der Waals surface area (Å²) in [6.45, 7) is 2.08. The Morgan fingerprint density at radius 2 is 1.94 bits per heavy atom. The number of rotatable bonds is 4. The predicted octanol–water partition coefficient (Wildman–Crippen LogP) is 2.30. The van der Waals surface area contributed by atoms with E-state index < -0.39 is 0 Å². The van der Waals surface area contributed by atoms with Gasteiger partial charge in [-0.25, -0.2) is 9.97 Å². The SMILES string of the molecule is c1nc(NCC2CCCCN2)ncc1C1CCC1. The second kappa shape index (κ2) is 5.65. The van der Waals surface area contributed by atoms with E-state index in [0.29, 0.717) is 6.04 Å². The quantitative estimate of drug-likeness (QED) is 0.856. The van der Waals surface area contributed by atoms with Crippen molar-refractivity contribution in [3.8, 4) is 0 Å². The first-order chi connectivity index (χ1) is 8.92. The molecule has 1 aliphatic heterocycles. The maximum Gasteiger partial charge on any atom is 0.222 e. The minimum absolute atomic E-state index is 0.577. The summed E-state index contributed by atoms with van der Waals surface area (Å²) in [6.07, 6.45) is 11.9. The van der Waals surface area contributed by atoms with E-state index in [-0.39, 0.29) is 0 Å². The highest BCUT2D eigenvalue weighted by molar-refractivity contribution is 5.27. The molecule has 1 unspecified atom stereocenters. The van der Waals surface area contributed by atoms with Crippen LogP contribution in [0.2, 0.25) is 0 Å². The van der Waals surface area contributed by atoms with E-state index in [9.17, 15) is 0 Å². The molecule has 2 fully saturated rings. The lowest BCUT2D eigenvalue weighted by atomic mass is 9.81. The number of nitrogens with one attached hydrogen (secondary N) is 2. The summed E-state index contributed by atoms with van der Waals surface area (Å²) in [5.74, 6) is 1.49. The zero-order chi connectivity index (χ0) is 12.2. The van der Waals surface area contributed by atoms with Crippen LogP contribution < -0.4 is 10.6 Å². The summed E-state index contributed by atoms with van der Waals surface area (Å²) in [5.41, 5.74) is 1.31. The van der Waals surface area contributed by atoms with Crippen LogP contribution in [0.15, 0.2) is 12.4 Å². The summed E-state index contributed by atoms with van der Waals surface area (Å²) in [7, 11) is 0. The van der Waals surface area contributed by atoms with Gasteiger partial charge in [0, 0.05) is 25.0 Å². The van der Waals surface area contributed by atoms with Gasteiger partial charge in [0.1, 0.15) is 0 Å². The molecule has 0 amide bonds. The number of hydrogen-bond acceptors (Lipinski definition) is 4. The van der Waals surface area contributed by atoms with Gasteiger partial charge in [-0.2, -0.15) is 0 Å². The van der Waals surface area contributed by atoms with Gasteiger partial charge in [0.15, 0.2) is 0 Å². The molecular weight excluding hydrogens is 224 g/mol. The molecule has 1 saturated heterocycles. The number of anilines is 1. The van der Waals surface area contributed by atoms with Crippen LogP contribution in [0.1, 0.15) is 50.0 Å². The Labute approximate surface area is 109 Å². The van der Waals surface area contributed by atoms with Gasteiger partial charge in [-0.05, 0) is 43.7 Å². The van der Waals surface area contributed by atoms with Crippen molar-refractivity contribution in [3.05, 3.63) is 18.0 Å². The zero-order valence-corrected chi connectivity index (χ0v) is 10.9. The molecular formula is C14H22N4. The molecule has 2 aliphatic rings. The number of hydrogen-bond donors (Lipinski definition) is 2. The fraction of sp³-hybridized carbons (Fsp3) is 0.714. The third-order valence-electron chi connectivity index (χ3n) is 4.17. The monoisotopic (exact) mass is 246 g/mol. The fourth-order valence-corrected chi connectivity index (χ4v) is 2.69. The molecule has 0 aromatic carbocycles. The average Bonchev–Trinajstić information content (AvgIpc) is 2.37. The number of aromatic nitrogens is 2. The molecule has 0 radical (unpaired) electrons. The summed E-state index contributed by atoms with van der Waals surface area (Å²) in [5, 5.41) is 6.85. The van der Waals surface area contributed by atoms with E-state index in [1.165, 1.54) is 44.1 Å². The lowest BCUT2D eigenvalue weighted by Gasteiger charge is -2.25. The van der Waals surface area contributed by atoms with Gasteiger partial charge in [-0.1, -0.05) is 12.8 Å². The van der Waals surface area contributed by atoms with Crippen LogP contribution in [0.25, 0.3) is 0 Å². The molecule has 0 spiro atoms. The summed E-state index contributed by atoms with van der Waals surface area (Å²) >= 11 is 0. The second-order valence-corrected chi connectivity index (χ2v) is 5.50. The Bertz CT molecular complexity index is 366. The van der Waals surface area contributed by atoms with E-state index in [1.54, 1.807) is 0 Å². The fourth-order valence-electron chi connectivity index (χ4n) is 2.69. The number of nitrogens with zero attached hydrogens (tertiary/aromatic N) is 2. The number of piperidine rings is 1. The largest absolute Gasteiger partial charge is 0.353 e. The molecule has 2 N–H and O–H groups in total. The van der Waals surface area contributed by atoms with Crippen molar-refractivity contribution in [2.45, 2.75) is 50.5 Å². The van der Waals surface area contributed by atoms with Crippen molar-refractivity contribution in [3.63, 3.8) is 0 Å². The van der Waals surface area contributed by atoms with Crippen molar-refractivity contribution in [2.75, 3.05) is 18.4 Å². The Hall–Kier alpha value is -1.16. The molecule has 4 nitrogen and oxygen atoms in total. The molecule has 1 aliphatic carbocycles. The van der Waals surface area contributed by atoms with Gasteiger partial charge in [0.25, 0.3) is 0 Å².